The van der Waals surface area contributed by atoms with Gasteiger partial charge in [-0.2, -0.15) is 0 Å². The van der Waals surface area contributed by atoms with Crippen LogP contribution in [0.5, 0.6) is 0 Å². The average Bonchev–Trinajstić information content (AvgIpc) is 2.68. The first-order valence-corrected chi connectivity index (χ1v) is 5.53. The summed E-state index contributed by atoms with van der Waals surface area (Å²) in [6.45, 7) is 3.62. The van der Waals surface area contributed by atoms with Crippen LogP contribution in [0, 0.1) is 5.92 Å². The van der Waals surface area contributed by atoms with Gasteiger partial charge in [0.1, 0.15) is 11.9 Å². The molecule has 0 bridgehead atoms. The van der Waals surface area contributed by atoms with Crippen LogP contribution in [0.4, 0.5) is 0 Å². The van der Waals surface area contributed by atoms with Crippen molar-refractivity contribution in [2.24, 2.45) is 5.92 Å². The van der Waals surface area contributed by atoms with Crippen LogP contribution in [0.15, 0.2) is 22.8 Å². The molecule has 0 amide bonds. The molecule has 0 radical (unpaired) electrons. The van der Waals surface area contributed by atoms with Crippen LogP contribution < -0.4 is 0 Å². The van der Waals surface area contributed by atoms with Gasteiger partial charge in [0, 0.05) is 0 Å². The Morgan fingerprint density at radius 3 is 2.93 bits per heavy atom. The van der Waals surface area contributed by atoms with E-state index >= 15 is 0 Å². The predicted molar refractivity (Wildman–Crippen MR) is 56.0 cm³/mol. The van der Waals surface area contributed by atoms with Crippen molar-refractivity contribution < 1.29 is 14.3 Å². The molecule has 78 valence electrons. The molecule has 3 nitrogen and oxygen atoms in total. The fourth-order valence-electron chi connectivity index (χ4n) is 1.11. The van der Waals surface area contributed by atoms with Gasteiger partial charge in [-0.1, -0.05) is 25.6 Å². The number of hydrogen-bond donors (Lipinski definition) is 1. The Bertz CT molecular complexity index is 282. The lowest BCUT2D eigenvalue weighted by Gasteiger charge is -2.14. The van der Waals surface area contributed by atoms with E-state index in [0.717, 1.165) is 5.75 Å². The number of rotatable bonds is 4. The van der Waals surface area contributed by atoms with Gasteiger partial charge >= 0.3 is 0 Å². The third kappa shape index (κ3) is 2.62. The van der Waals surface area contributed by atoms with Crippen LogP contribution in [0.1, 0.15) is 25.7 Å². The highest BCUT2D eigenvalue weighted by atomic mass is 32.2. The van der Waals surface area contributed by atoms with E-state index in [9.17, 15) is 9.90 Å². The SMILES string of the molecule is CCSC(=O)[C@@H](C)[C@H](O)c1ccco1. The quantitative estimate of drug-likeness (QED) is 0.835. The van der Waals surface area contributed by atoms with Crippen molar-refractivity contribution in [3.63, 3.8) is 0 Å². The van der Waals surface area contributed by atoms with E-state index in [0.29, 0.717) is 5.76 Å². The first kappa shape index (κ1) is 11.3. The molecule has 2 atom stereocenters. The van der Waals surface area contributed by atoms with E-state index < -0.39 is 12.0 Å². The summed E-state index contributed by atoms with van der Waals surface area (Å²) < 4.78 is 5.03. The summed E-state index contributed by atoms with van der Waals surface area (Å²) in [5, 5.41) is 9.74. The molecule has 0 aliphatic rings. The van der Waals surface area contributed by atoms with Gasteiger partial charge in [0.05, 0.1) is 12.2 Å². The van der Waals surface area contributed by atoms with Gasteiger partial charge in [0.2, 0.25) is 0 Å². The minimum absolute atomic E-state index is 0.00333. The maximum atomic E-state index is 11.4. The number of carbonyl (C=O) groups excluding carboxylic acids is 1. The van der Waals surface area contributed by atoms with Crippen LogP contribution in [-0.4, -0.2) is 16.0 Å². The molecule has 1 aromatic heterocycles. The second-order valence-corrected chi connectivity index (χ2v) is 4.27. The van der Waals surface area contributed by atoms with Gasteiger partial charge < -0.3 is 9.52 Å². The standard InChI is InChI=1S/C10H14O3S/c1-3-14-10(12)7(2)9(11)8-5-4-6-13-8/h4-7,9,11H,3H2,1-2H3/t7-,9-/m0/s1. The second-order valence-electron chi connectivity index (χ2n) is 3.00. The van der Waals surface area contributed by atoms with Crippen molar-refractivity contribution in [2.75, 3.05) is 5.75 Å². The fraction of sp³-hybridized carbons (Fsp3) is 0.500. The molecule has 0 spiro atoms. The fourth-order valence-corrected chi connectivity index (χ4v) is 1.78. The Labute approximate surface area is 87.5 Å². The van der Waals surface area contributed by atoms with E-state index in [2.05, 4.69) is 0 Å². The summed E-state index contributed by atoms with van der Waals surface area (Å²) in [5.74, 6) is 0.752. The van der Waals surface area contributed by atoms with Gasteiger partial charge in [-0.05, 0) is 17.9 Å². The predicted octanol–water partition coefficient (Wildman–Crippen LogP) is 2.23. The van der Waals surface area contributed by atoms with E-state index in [-0.39, 0.29) is 5.12 Å². The third-order valence-electron chi connectivity index (χ3n) is 1.97. The van der Waals surface area contributed by atoms with Crippen molar-refractivity contribution >= 4 is 16.9 Å². The van der Waals surface area contributed by atoms with Gasteiger partial charge in [0.15, 0.2) is 5.12 Å². The Kier molecular flexibility index (Phi) is 4.22. The number of carbonyl (C=O) groups is 1. The zero-order chi connectivity index (χ0) is 10.6. The molecule has 4 heteroatoms. The van der Waals surface area contributed by atoms with Crippen LogP contribution in [0.25, 0.3) is 0 Å². The number of hydrogen-bond acceptors (Lipinski definition) is 4. The van der Waals surface area contributed by atoms with Crippen molar-refractivity contribution in [1.29, 1.82) is 0 Å². The van der Waals surface area contributed by atoms with Crippen molar-refractivity contribution in [1.82, 2.24) is 0 Å². The van der Waals surface area contributed by atoms with E-state index in [1.165, 1.54) is 18.0 Å². The average molecular weight is 214 g/mol. The van der Waals surface area contributed by atoms with Crippen LogP contribution >= 0.6 is 11.8 Å². The number of aliphatic hydroxyl groups excluding tert-OH is 1. The molecule has 14 heavy (non-hydrogen) atoms. The molecule has 1 N–H and O–H groups in total. The largest absolute Gasteiger partial charge is 0.467 e. The van der Waals surface area contributed by atoms with E-state index in [1.807, 2.05) is 6.92 Å². The van der Waals surface area contributed by atoms with Gasteiger partial charge in [-0.3, -0.25) is 4.79 Å². The van der Waals surface area contributed by atoms with Gasteiger partial charge in [0.25, 0.3) is 0 Å². The van der Waals surface area contributed by atoms with Crippen LogP contribution in [-0.2, 0) is 4.79 Å². The molecule has 1 rings (SSSR count). The van der Waals surface area contributed by atoms with Crippen molar-refractivity contribution in [3.8, 4) is 0 Å². The zero-order valence-electron chi connectivity index (χ0n) is 8.27. The van der Waals surface area contributed by atoms with Crippen molar-refractivity contribution in [3.05, 3.63) is 24.2 Å². The first-order valence-electron chi connectivity index (χ1n) is 4.55. The minimum atomic E-state index is -0.837. The molecule has 0 fully saturated rings. The lowest BCUT2D eigenvalue weighted by Crippen LogP contribution is -2.16. The second kappa shape index (κ2) is 5.22. The van der Waals surface area contributed by atoms with Crippen LogP contribution in [0.2, 0.25) is 0 Å². The Morgan fingerprint density at radius 1 is 1.71 bits per heavy atom. The number of aliphatic hydroxyl groups is 1. The molecule has 1 heterocycles. The monoisotopic (exact) mass is 214 g/mol. The highest BCUT2D eigenvalue weighted by molar-refractivity contribution is 8.13. The minimum Gasteiger partial charge on any atom is -0.467 e. The molecule has 0 aliphatic carbocycles. The molecule has 0 saturated heterocycles. The van der Waals surface area contributed by atoms with E-state index in [1.54, 1.807) is 19.1 Å². The van der Waals surface area contributed by atoms with E-state index in [4.69, 9.17) is 4.42 Å². The lowest BCUT2D eigenvalue weighted by atomic mass is 10.0. The summed E-state index contributed by atoms with van der Waals surface area (Å²) in [5.41, 5.74) is 0. The smallest absolute Gasteiger partial charge is 0.194 e. The Hall–Kier alpha value is -0.740. The molecule has 0 aromatic carbocycles. The molecular weight excluding hydrogens is 200 g/mol. The summed E-state index contributed by atoms with van der Waals surface area (Å²) in [6.07, 6.45) is 0.652. The normalized spacial score (nSPS) is 15.1. The molecule has 1 aromatic rings. The van der Waals surface area contributed by atoms with Crippen molar-refractivity contribution in [2.45, 2.75) is 20.0 Å². The molecular formula is C10H14O3S. The zero-order valence-corrected chi connectivity index (χ0v) is 9.08. The first-order chi connectivity index (χ1) is 6.66. The van der Waals surface area contributed by atoms with Gasteiger partial charge in [-0.25, -0.2) is 0 Å². The Morgan fingerprint density at radius 2 is 2.43 bits per heavy atom. The number of thioether (sulfide) groups is 1. The summed E-state index contributed by atoms with van der Waals surface area (Å²) >= 11 is 1.22. The number of furan rings is 1. The maximum absolute atomic E-state index is 11.4. The molecule has 0 aliphatic heterocycles. The molecule has 0 unspecified atom stereocenters. The third-order valence-corrected chi connectivity index (χ3v) is 2.91. The highest BCUT2D eigenvalue weighted by Gasteiger charge is 2.25. The maximum Gasteiger partial charge on any atom is 0.194 e. The lowest BCUT2D eigenvalue weighted by molar-refractivity contribution is -0.117. The highest BCUT2D eigenvalue weighted by Crippen LogP contribution is 2.26. The van der Waals surface area contributed by atoms with Gasteiger partial charge in [-0.15, -0.1) is 0 Å². The summed E-state index contributed by atoms with van der Waals surface area (Å²) in [6, 6.07) is 3.37. The topological polar surface area (TPSA) is 50.4 Å². The van der Waals surface area contributed by atoms with Crippen LogP contribution in [0.3, 0.4) is 0 Å². The summed E-state index contributed by atoms with van der Waals surface area (Å²) in [7, 11) is 0. The molecule has 0 saturated carbocycles. The Balaban J connectivity index is 2.61. The summed E-state index contributed by atoms with van der Waals surface area (Å²) in [4.78, 5) is 11.4.